The van der Waals surface area contributed by atoms with Crippen LogP contribution >= 0.6 is 0 Å². The maximum absolute atomic E-state index is 9.07. The number of hydrogen-bond donors (Lipinski definition) is 1. The predicted octanol–water partition coefficient (Wildman–Crippen LogP) is 0.719. The molecule has 1 aromatic rings. The summed E-state index contributed by atoms with van der Waals surface area (Å²) in [4.78, 5) is 6.54. The number of pyridine rings is 1. The summed E-state index contributed by atoms with van der Waals surface area (Å²) in [5.74, 6) is 0. The number of hydrogen-bond acceptors (Lipinski definition) is 4. The molecule has 0 bridgehead atoms. The normalized spacial score (nSPS) is 16.8. The van der Waals surface area contributed by atoms with Crippen molar-refractivity contribution >= 4 is 5.69 Å². The van der Waals surface area contributed by atoms with Crippen molar-refractivity contribution in [1.82, 2.24) is 4.98 Å². The minimum Gasteiger partial charge on any atom is -0.392 e. The Morgan fingerprint density at radius 3 is 2.87 bits per heavy atom. The molecule has 0 aromatic carbocycles. The van der Waals surface area contributed by atoms with E-state index >= 15 is 0 Å². The molecule has 0 spiro atoms. The van der Waals surface area contributed by atoms with Gasteiger partial charge in [-0.05, 0) is 18.6 Å². The lowest BCUT2D eigenvalue weighted by Gasteiger charge is -2.29. The summed E-state index contributed by atoms with van der Waals surface area (Å²) in [5, 5.41) is 9.07. The second kappa shape index (κ2) is 4.59. The molecule has 0 amide bonds. The van der Waals surface area contributed by atoms with E-state index in [9.17, 15) is 0 Å². The highest BCUT2D eigenvalue weighted by Gasteiger charge is 2.14. The van der Waals surface area contributed by atoms with Crippen molar-refractivity contribution in [3.63, 3.8) is 0 Å². The number of morpholine rings is 1. The van der Waals surface area contributed by atoms with E-state index in [4.69, 9.17) is 9.84 Å². The largest absolute Gasteiger partial charge is 0.392 e. The molecule has 15 heavy (non-hydrogen) atoms. The van der Waals surface area contributed by atoms with Crippen molar-refractivity contribution in [1.29, 1.82) is 0 Å². The Labute approximate surface area is 89.5 Å². The molecule has 4 heteroatoms. The van der Waals surface area contributed by atoms with Crippen LogP contribution in [0.5, 0.6) is 0 Å². The Bertz CT molecular complexity index is 335. The highest BCUT2D eigenvalue weighted by Crippen LogP contribution is 2.20. The molecule has 1 aromatic heterocycles. The SMILES string of the molecule is Cc1ncc(CO)cc1N1CCOCC1. The molecule has 4 nitrogen and oxygen atoms in total. The summed E-state index contributed by atoms with van der Waals surface area (Å²) in [6.45, 7) is 5.37. The summed E-state index contributed by atoms with van der Waals surface area (Å²) < 4.78 is 5.31. The van der Waals surface area contributed by atoms with Gasteiger partial charge in [0.2, 0.25) is 0 Å². The van der Waals surface area contributed by atoms with Crippen LogP contribution in [0, 0.1) is 6.92 Å². The van der Waals surface area contributed by atoms with Crippen molar-refractivity contribution in [2.24, 2.45) is 0 Å². The van der Waals surface area contributed by atoms with Gasteiger partial charge in [0.05, 0.1) is 31.2 Å². The van der Waals surface area contributed by atoms with Crippen molar-refractivity contribution in [3.8, 4) is 0 Å². The summed E-state index contributed by atoms with van der Waals surface area (Å²) >= 11 is 0. The van der Waals surface area contributed by atoms with E-state index in [1.54, 1.807) is 6.20 Å². The number of aromatic nitrogens is 1. The van der Waals surface area contributed by atoms with E-state index < -0.39 is 0 Å². The first-order chi connectivity index (χ1) is 7.31. The Morgan fingerprint density at radius 1 is 1.47 bits per heavy atom. The summed E-state index contributed by atoms with van der Waals surface area (Å²) in [5.41, 5.74) is 2.99. The van der Waals surface area contributed by atoms with Gasteiger partial charge in [0.25, 0.3) is 0 Å². The van der Waals surface area contributed by atoms with E-state index in [0.717, 1.165) is 43.2 Å². The van der Waals surface area contributed by atoms with Gasteiger partial charge in [-0.2, -0.15) is 0 Å². The van der Waals surface area contributed by atoms with E-state index in [2.05, 4.69) is 9.88 Å². The first kappa shape index (κ1) is 10.4. The lowest BCUT2D eigenvalue weighted by molar-refractivity contribution is 0.122. The standard InChI is InChI=1S/C11H16N2O2/c1-9-11(6-10(8-14)7-12-9)13-2-4-15-5-3-13/h6-7,14H,2-5,8H2,1H3. The first-order valence-corrected chi connectivity index (χ1v) is 5.20. The molecule has 0 aliphatic carbocycles. The van der Waals surface area contributed by atoms with Crippen LogP contribution < -0.4 is 4.90 Å². The van der Waals surface area contributed by atoms with Crippen LogP contribution in [0.1, 0.15) is 11.3 Å². The third-order valence-corrected chi connectivity index (χ3v) is 2.65. The fourth-order valence-electron chi connectivity index (χ4n) is 1.77. The number of anilines is 1. The smallest absolute Gasteiger partial charge is 0.0697 e. The minimum absolute atomic E-state index is 0.0462. The summed E-state index contributed by atoms with van der Waals surface area (Å²) in [6, 6.07) is 2.01. The second-order valence-corrected chi connectivity index (χ2v) is 3.71. The molecular weight excluding hydrogens is 192 g/mol. The van der Waals surface area contributed by atoms with Gasteiger partial charge >= 0.3 is 0 Å². The minimum atomic E-state index is 0.0462. The Balaban J connectivity index is 2.24. The van der Waals surface area contributed by atoms with Gasteiger partial charge < -0.3 is 14.7 Å². The maximum Gasteiger partial charge on any atom is 0.0697 e. The third-order valence-electron chi connectivity index (χ3n) is 2.65. The zero-order chi connectivity index (χ0) is 10.7. The Hall–Kier alpha value is -1.13. The number of rotatable bonds is 2. The summed E-state index contributed by atoms with van der Waals surface area (Å²) in [6.07, 6.45) is 1.72. The van der Waals surface area contributed by atoms with Crippen LogP contribution in [-0.4, -0.2) is 36.4 Å². The van der Waals surface area contributed by atoms with E-state index in [1.807, 2.05) is 13.0 Å². The molecule has 2 rings (SSSR count). The molecule has 0 atom stereocenters. The summed E-state index contributed by atoms with van der Waals surface area (Å²) in [7, 11) is 0. The van der Waals surface area contributed by atoms with Crippen molar-refractivity contribution in [2.45, 2.75) is 13.5 Å². The molecule has 1 aliphatic heterocycles. The van der Waals surface area contributed by atoms with Crippen LogP contribution in [0.3, 0.4) is 0 Å². The van der Waals surface area contributed by atoms with Crippen molar-refractivity contribution < 1.29 is 9.84 Å². The van der Waals surface area contributed by atoms with Gasteiger partial charge in [-0.1, -0.05) is 0 Å². The third kappa shape index (κ3) is 2.27. The lowest BCUT2D eigenvalue weighted by Crippen LogP contribution is -2.36. The van der Waals surface area contributed by atoms with Gasteiger partial charge in [-0.25, -0.2) is 0 Å². The van der Waals surface area contributed by atoms with Crippen LogP contribution in [0.2, 0.25) is 0 Å². The molecular formula is C11H16N2O2. The molecule has 0 saturated carbocycles. The predicted molar refractivity (Wildman–Crippen MR) is 57.9 cm³/mol. The maximum atomic E-state index is 9.07. The van der Waals surface area contributed by atoms with Gasteiger partial charge in [0.1, 0.15) is 0 Å². The van der Waals surface area contributed by atoms with Crippen LogP contribution in [-0.2, 0) is 11.3 Å². The van der Waals surface area contributed by atoms with Crippen LogP contribution in [0.4, 0.5) is 5.69 Å². The first-order valence-electron chi connectivity index (χ1n) is 5.20. The van der Waals surface area contributed by atoms with Gasteiger partial charge in [0.15, 0.2) is 0 Å². The number of ether oxygens (including phenoxy) is 1. The number of aliphatic hydroxyl groups excluding tert-OH is 1. The van der Waals surface area contributed by atoms with Gasteiger partial charge in [-0.3, -0.25) is 4.98 Å². The molecule has 0 unspecified atom stereocenters. The van der Waals surface area contributed by atoms with E-state index in [-0.39, 0.29) is 6.61 Å². The fraction of sp³-hybridized carbons (Fsp3) is 0.545. The van der Waals surface area contributed by atoms with Crippen molar-refractivity contribution in [2.75, 3.05) is 31.2 Å². The van der Waals surface area contributed by atoms with Gasteiger partial charge in [-0.15, -0.1) is 0 Å². The topological polar surface area (TPSA) is 45.6 Å². The molecule has 2 heterocycles. The zero-order valence-electron chi connectivity index (χ0n) is 8.94. The highest BCUT2D eigenvalue weighted by atomic mass is 16.5. The van der Waals surface area contributed by atoms with Gasteiger partial charge in [0, 0.05) is 19.3 Å². The van der Waals surface area contributed by atoms with E-state index in [0.29, 0.717) is 0 Å². The number of aryl methyl sites for hydroxylation is 1. The molecule has 1 aliphatic rings. The highest BCUT2D eigenvalue weighted by molar-refractivity contribution is 5.52. The van der Waals surface area contributed by atoms with Crippen LogP contribution in [0.25, 0.3) is 0 Å². The average molecular weight is 208 g/mol. The fourth-order valence-corrected chi connectivity index (χ4v) is 1.77. The zero-order valence-corrected chi connectivity index (χ0v) is 8.94. The number of aliphatic hydroxyl groups is 1. The monoisotopic (exact) mass is 208 g/mol. The molecule has 82 valence electrons. The number of nitrogens with zero attached hydrogens (tertiary/aromatic N) is 2. The van der Waals surface area contributed by atoms with Crippen molar-refractivity contribution in [3.05, 3.63) is 23.5 Å². The molecule has 1 fully saturated rings. The average Bonchev–Trinajstić information content (AvgIpc) is 2.31. The Morgan fingerprint density at radius 2 is 2.20 bits per heavy atom. The van der Waals surface area contributed by atoms with E-state index in [1.165, 1.54) is 0 Å². The van der Waals surface area contributed by atoms with Crippen LogP contribution in [0.15, 0.2) is 12.3 Å². The second-order valence-electron chi connectivity index (χ2n) is 3.71. The Kier molecular flexibility index (Phi) is 3.18. The molecule has 0 radical (unpaired) electrons. The quantitative estimate of drug-likeness (QED) is 0.778. The molecule has 1 saturated heterocycles. The molecule has 1 N–H and O–H groups in total. The lowest BCUT2D eigenvalue weighted by atomic mass is 10.2.